The maximum Gasteiger partial charge on any atom is 0.415 e. The van der Waals surface area contributed by atoms with Crippen molar-refractivity contribution in [2.24, 2.45) is 5.92 Å². The van der Waals surface area contributed by atoms with E-state index in [9.17, 15) is 23.2 Å². The summed E-state index contributed by atoms with van der Waals surface area (Å²) in [6.45, 7) is 7.65. The number of hydrogen-bond donors (Lipinski definition) is 1. The Labute approximate surface area is 165 Å². The van der Waals surface area contributed by atoms with Crippen LogP contribution in [0.1, 0.15) is 31.2 Å². The van der Waals surface area contributed by atoms with Crippen molar-refractivity contribution in [3.8, 4) is 6.19 Å². The number of rotatable bonds is 3. The van der Waals surface area contributed by atoms with Gasteiger partial charge in [-0.3, -0.25) is 4.79 Å². The molecule has 152 valence electrons. The first-order chi connectivity index (χ1) is 13.8. The molecule has 4 atom stereocenters. The molecule has 7 nitrogen and oxygen atoms in total. The maximum absolute atomic E-state index is 13.1. The number of nitrogens with zero attached hydrogens (tertiary/aromatic N) is 5. The summed E-state index contributed by atoms with van der Waals surface area (Å²) >= 11 is 0. The summed E-state index contributed by atoms with van der Waals surface area (Å²) in [6, 6.07) is 1.83. The van der Waals surface area contributed by atoms with E-state index < -0.39 is 11.7 Å². The van der Waals surface area contributed by atoms with Crippen LogP contribution in [0.3, 0.4) is 0 Å². The number of alkyl halides is 3. The average molecular weight is 404 g/mol. The molecule has 10 heteroatoms. The van der Waals surface area contributed by atoms with E-state index in [1.54, 1.807) is 9.80 Å². The third kappa shape index (κ3) is 3.55. The highest BCUT2D eigenvalue weighted by Crippen LogP contribution is 2.38. The molecule has 4 rings (SSSR count). The largest absolute Gasteiger partial charge is 0.415 e. The third-order valence-corrected chi connectivity index (χ3v) is 6.10. The van der Waals surface area contributed by atoms with E-state index in [1.807, 2.05) is 0 Å². The molecule has 3 fully saturated rings. The van der Waals surface area contributed by atoms with Gasteiger partial charge >= 0.3 is 6.18 Å². The first kappa shape index (κ1) is 19.3. The SMILES string of the molecule is [C-]#[N+]c1cc(C(F)(F)F)cc(N2CC[C@H](C(=O)N[C@@H]3C[C@@H]4CC[C@H]3N4C#N)C2)n1. The molecule has 29 heavy (non-hydrogen) atoms. The molecule has 4 heterocycles. The fourth-order valence-corrected chi connectivity index (χ4v) is 4.67. The first-order valence-corrected chi connectivity index (χ1v) is 9.50. The van der Waals surface area contributed by atoms with Gasteiger partial charge in [0.05, 0.1) is 23.6 Å². The van der Waals surface area contributed by atoms with Crippen LogP contribution in [0.2, 0.25) is 0 Å². The predicted molar refractivity (Wildman–Crippen MR) is 96.6 cm³/mol. The number of nitrogens with one attached hydrogen (secondary N) is 1. The molecule has 3 aliphatic rings. The summed E-state index contributed by atoms with van der Waals surface area (Å²) in [5, 5.41) is 12.3. The van der Waals surface area contributed by atoms with E-state index in [2.05, 4.69) is 21.3 Å². The molecule has 0 spiro atoms. The molecular formula is C19H19F3N6O. The van der Waals surface area contributed by atoms with Crippen LogP contribution in [-0.4, -0.2) is 47.0 Å². The van der Waals surface area contributed by atoms with Gasteiger partial charge in [-0.1, -0.05) is 6.57 Å². The Balaban J connectivity index is 1.43. The van der Waals surface area contributed by atoms with E-state index in [0.717, 1.165) is 31.4 Å². The lowest BCUT2D eigenvalue weighted by Gasteiger charge is -2.23. The smallest absolute Gasteiger partial charge is 0.361 e. The minimum atomic E-state index is -4.57. The summed E-state index contributed by atoms with van der Waals surface area (Å²) in [7, 11) is 0. The second-order valence-corrected chi connectivity index (χ2v) is 7.77. The van der Waals surface area contributed by atoms with Gasteiger partial charge in [-0.25, -0.2) is 0 Å². The second-order valence-electron chi connectivity index (χ2n) is 7.77. The van der Waals surface area contributed by atoms with Gasteiger partial charge in [-0.2, -0.15) is 18.4 Å². The fraction of sp³-hybridized carbons (Fsp3) is 0.579. The van der Waals surface area contributed by atoms with E-state index in [-0.39, 0.29) is 48.1 Å². The van der Waals surface area contributed by atoms with Gasteiger partial charge in [0.2, 0.25) is 11.7 Å². The van der Waals surface area contributed by atoms with Crippen LogP contribution in [-0.2, 0) is 11.0 Å². The van der Waals surface area contributed by atoms with E-state index >= 15 is 0 Å². The molecule has 2 bridgehead atoms. The summed E-state index contributed by atoms with van der Waals surface area (Å²) in [5.41, 5.74) is -0.917. The van der Waals surface area contributed by atoms with Crippen LogP contribution in [0.25, 0.3) is 4.85 Å². The van der Waals surface area contributed by atoms with Crippen LogP contribution in [0, 0.1) is 23.9 Å². The van der Waals surface area contributed by atoms with Gasteiger partial charge in [0, 0.05) is 25.2 Å². The van der Waals surface area contributed by atoms with Gasteiger partial charge in [0.15, 0.2) is 6.19 Å². The number of carbonyl (C=O) groups is 1. The Hall–Kier alpha value is -3.01. The normalized spacial score (nSPS) is 28.3. The van der Waals surface area contributed by atoms with E-state index in [0.29, 0.717) is 13.0 Å². The van der Waals surface area contributed by atoms with Crippen molar-refractivity contribution in [3.63, 3.8) is 0 Å². The minimum absolute atomic E-state index is 0.0396. The predicted octanol–water partition coefficient (Wildman–Crippen LogP) is 2.68. The van der Waals surface area contributed by atoms with Gasteiger partial charge in [-0.05, 0) is 31.7 Å². The minimum Gasteiger partial charge on any atom is -0.361 e. The number of amides is 1. The highest BCUT2D eigenvalue weighted by Gasteiger charge is 2.47. The average Bonchev–Trinajstić information content (AvgIpc) is 3.41. The number of aromatic nitrogens is 1. The quantitative estimate of drug-likeness (QED) is 0.619. The molecule has 1 aromatic heterocycles. The maximum atomic E-state index is 13.1. The Bertz CT molecular complexity index is 905. The van der Waals surface area contributed by atoms with Crippen molar-refractivity contribution in [3.05, 3.63) is 29.1 Å². The molecule has 0 aromatic carbocycles. The molecule has 0 aliphatic carbocycles. The van der Waals surface area contributed by atoms with Gasteiger partial charge in [0.25, 0.3) is 5.82 Å². The molecule has 0 saturated carbocycles. The highest BCUT2D eigenvalue weighted by atomic mass is 19.4. The monoisotopic (exact) mass is 404 g/mol. The summed E-state index contributed by atoms with van der Waals surface area (Å²) < 4.78 is 39.3. The zero-order valence-electron chi connectivity index (χ0n) is 15.5. The van der Waals surface area contributed by atoms with Crippen LogP contribution in [0.5, 0.6) is 0 Å². The van der Waals surface area contributed by atoms with Gasteiger partial charge in [0.1, 0.15) is 0 Å². The van der Waals surface area contributed by atoms with Crippen molar-refractivity contribution in [1.82, 2.24) is 15.2 Å². The lowest BCUT2D eigenvalue weighted by molar-refractivity contribution is -0.137. The number of anilines is 1. The molecule has 3 saturated heterocycles. The first-order valence-electron chi connectivity index (χ1n) is 9.50. The summed E-state index contributed by atoms with van der Waals surface area (Å²) in [4.78, 5) is 23.1. The molecule has 0 unspecified atom stereocenters. The number of hydrogen-bond acceptors (Lipinski definition) is 5. The van der Waals surface area contributed by atoms with Crippen molar-refractivity contribution < 1.29 is 18.0 Å². The number of pyridine rings is 1. The van der Waals surface area contributed by atoms with Crippen molar-refractivity contribution in [2.75, 3.05) is 18.0 Å². The summed E-state index contributed by atoms with van der Waals surface area (Å²) in [5.74, 6) is -0.754. The second kappa shape index (κ2) is 7.11. The molecular weight excluding hydrogens is 385 g/mol. The lowest BCUT2D eigenvalue weighted by atomic mass is 9.95. The van der Waals surface area contributed by atoms with Crippen molar-refractivity contribution >= 4 is 17.5 Å². The number of halogens is 3. The van der Waals surface area contributed by atoms with E-state index in [1.165, 1.54) is 0 Å². The summed E-state index contributed by atoms with van der Waals surface area (Å²) in [6.07, 6.45) is 0.738. The molecule has 1 amide bonds. The Morgan fingerprint density at radius 2 is 2.14 bits per heavy atom. The molecule has 1 N–H and O–H groups in total. The van der Waals surface area contributed by atoms with Gasteiger partial charge in [-0.15, -0.1) is 4.98 Å². The van der Waals surface area contributed by atoms with Crippen LogP contribution < -0.4 is 10.2 Å². The standard InChI is InChI=1S/C19H19F3N6O/c1-24-16-6-12(19(20,21)22)7-17(26-16)27-5-4-11(9-27)18(29)25-14-8-13-2-3-15(14)28(13)10-23/h6-7,11,13-15H,2-5,8-9H2,(H,25,29)/t11-,13-,14+,15+/m0/s1. The van der Waals surface area contributed by atoms with Crippen LogP contribution in [0.4, 0.5) is 24.8 Å². The Kier molecular flexibility index (Phi) is 4.73. The third-order valence-electron chi connectivity index (χ3n) is 6.10. The number of nitriles is 1. The van der Waals surface area contributed by atoms with Crippen molar-refractivity contribution in [1.29, 1.82) is 5.26 Å². The van der Waals surface area contributed by atoms with E-state index in [4.69, 9.17) is 6.57 Å². The van der Waals surface area contributed by atoms with Gasteiger partial charge < -0.3 is 20.0 Å². The molecule has 0 radical (unpaired) electrons. The van der Waals surface area contributed by atoms with Crippen molar-refractivity contribution in [2.45, 2.75) is 50.0 Å². The number of fused-ring (bicyclic) bond motifs is 2. The number of carbonyl (C=O) groups excluding carboxylic acids is 1. The Morgan fingerprint density at radius 1 is 1.34 bits per heavy atom. The topological polar surface area (TPSA) is 76.6 Å². The molecule has 3 aliphatic heterocycles. The lowest BCUT2D eigenvalue weighted by Crippen LogP contribution is -2.46. The highest BCUT2D eigenvalue weighted by molar-refractivity contribution is 5.80. The fourth-order valence-electron chi connectivity index (χ4n) is 4.67. The zero-order valence-corrected chi connectivity index (χ0v) is 15.5. The van der Waals surface area contributed by atoms with Crippen LogP contribution >= 0.6 is 0 Å². The molecule has 1 aromatic rings. The Morgan fingerprint density at radius 3 is 2.79 bits per heavy atom. The zero-order chi connectivity index (χ0) is 20.8. The van der Waals surface area contributed by atoms with Crippen LogP contribution in [0.15, 0.2) is 12.1 Å².